The van der Waals surface area contributed by atoms with Crippen LogP contribution in [0, 0.1) is 23.7 Å². The monoisotopic (exact) mass is 189 g/mol. The van der Waals surface area contributed by atoms with Crippen LogP contribution in [0.15, 0.2) is 18.3 Å². The SMILES string of the molecule is Cc1ccnc(NCC(C)(C)C#N)c1. The summed E-state index contributed by atoms with van der Waals surface area (Å²) in [5.41, 5.74) is 0.808. The van der Waals surface area contributed by atoms with Gasteiger partial charge in [-0.3, -0.25) is 0 Å². The number of aromatic nitrogens is 1. The molecule has 0 spiro atoms. The van der Waals surface area contributed by atoms with Crippen molar-refractivity contribution in [2.75, 3.05) is 11.9 Å². The summed E-state index contributed by atoms with van der Waals surface area (Å²) in [6.45, 7) is 6.42. The number of nitrogens with one attached hydrogen (secondary N) is 1. The fourth-order valence-electron chi connectivity index (χ4n) is 0.984. The van der Waals surface area contributed by atoms with E-state index < -0.39 is 0 Å². The second kappa shape index (κ2) is 4.10. The van der Waals surface area contributed by atoms with Gasteiger partial charge in [0.25, 0.3) is 0 Å². The molecule has 1 heterocycles. The van der Waals surface area contributed by atoms with Gasteiger partial charge in [0.2, 0.25) is 0 Å². The van der Waals surface area contributed by atoms with Crippen molar-refractivity contribution in [1.29, 1.82) is 5.26 Å². The Hall–Kier alpha value is -1.56. The number of hydrogen-bond acceptors (Lipinski definition) is 3. The van der Waals surface area contributed by atoms with E-state index in [2.05, 4.69) is 16.4 Å². The van der Waals surface area contributed by atoms with Crippen molar-refractivity contribution >= 4 is 5.82 Å². The molecular weight excluding hydrogens is 174 g/mol. The molecule has 0 saturated heterocycles. The largest absolute Gasteiger partial charge is 0.368 e. The first kappa shape index (κ1) is 10.5. The van der Waals surface area contributed by atoms with Crippen molar-refractivity contribution in [2.45, 2.75) is 20.8 Å². The summed E-state index contributed by atoms with van der Waals surface area (Å²) < 4.78 is 0. The molecule has 1 rings (SSSR count). The van der Waals surface area contributed by atoms with E-state index in [1.165, 1.54) is 0 Å². The van der Waals surface area contributed by atoms with E-state index in [0.717, 1.165) is 11.4 Å². The lowest BCUT2D eigenvalue weighted by atomic mass is 9.96. The van der Waals surface area contributed by atoms with Crippen LogP contribution < -0.4 is 5.32 Å². The molecule has 0 bridgehead atoms. The highest BCUT2D eigenvalue weighted by molar-refractivity contribution is 5.37. The van der Waals surface area contributed by atoms with Gasteiger partial charge >= 0.3 is 0 Å². The summed E-state index contributed by atoms with van der Waals surface area (Å²) in [6.07, 6.45) is 1.76. The Morgan fingerprint density at radius 2 is 2.29 bits per heavy atom. The third-order valence-electron chi connectivity index (χ3n) is 1.93. The summed E-state index contributed by atoms with van der Waals surface area (Å²) >= 11 is 0. The molecule has 1 aromatic heterocycles. The lowest BCUT2D eigenvalue weighted by Crippen LogP contribution is -2.21. The number of nitrogens with zero attached hydrogens (tertiary/aromatic N) is 2. The first-order valence-corrected chi connectivity index (χ1v) is 4.61. The van der Waals surface area contributed by atoms with Crippen LogP contribution in [-0.2, 0) is 0 Å². The van der Waals surface area contributed by atoms with Crippen molar-refractivity contribution in [3.8, 4) is 6.07 Å². The second-order valence-electron chi connectivity index (χ2n) is 4.07. The van der Waals surface area contributed by atoms with Crippen molar-refractivity contribution in [2.24, 2.45) is 5.41 Å². The topological polar surface area (TPSA) is 48.7 Å². The third-order valence-corrected chi connectivity index (χ3v) is 1.93. The van der Waals surface area contributed by atoms with Gasteiger partial charge in [-0.15, -0.1) is 0 Å². The highest BCUT2D eigenvalue weighted by atomic mass is 15.0. The van der Waals surface area contributed by atoms with Crippen molar-refractivity contribution in [1.82, 2.24) is 4.98 Å². The molecule has 3 nitrogen and oxygen atoms in total. The molecule has 0 amide bonds. The van der Waals surface area contributed by atoms with E-state index in [1.54, 1.807) is 6.20 Å². The van der Waals surface area contributed by atoms with Gasteiger partial charge in [0.05, 0.1) is 11.5 Å². The fourth-order valence-corrected chi connectivity index (χ4v) is 0.984. The summed E-state index contributed by atoms with van der Waals surface area (Å²) in [5, 5.41) is 12.0. The predicted molar refractivity (Wildman–Crippen MR) is 56.9 cm³/mol. The number of aryl methyl sites for hydroxylation is 1. The van der Waals surface area contributed by atoms with Gasteiger partial charge in [-0.1, -0.05) is 0 Å². The molecule has 0 atom stereocenters. The van der Waals surface area contributed by atoms with Crippen LogP contribution in [0.3, 0.4) is 0 Å². The van der Waals surface area contributed by atoms with Gasteiger partial charge in [-0.25, -0.2) is 4.98 Å². The first-order chi connectivity index (χ1) is 6.53. The molecule has 0 radical (unpaired) electrons. The Morgan fingerprint density at radius 3 is 2.86 bits per heavy atom. The van der Waals surface area contributed by atoms with Crippen LogP contribution in [0.25, 0.3) is 0 Å². The maximum Gasteiger partial charge on any atom is 0.126 e. The maximum absolute atomic E-state index is 8.82. The van der Waals surface area contributed by atoms with E-state index in [9.17, 15) is 0 Å². The number of pyridine rings is 1. The molecule has 3 heteroatoms. The average molecular weight is 189 g/mol. The minimum Gasteiger partial charge on any atom is -0.368 e. The fraction of sp³-hybridized carbons (Fsp3) is 0.455. The third kappa shape index (κ3) is 3.06. The van der Waals surface area contributed by atoms with Crippen LogP contribution in [0.1, 0.15) is 19.4 Å². The lowest BCUT2D eigenvalue weighted by molar-refractivity contribution is 0.528. The molecule has 0 aliphatic carbocycles. The Kier molecular flexibility index (Phi) is 3.08. The van der Waals surface area contributed by atoms with E-state index in [4.69, 9.17) is 5.26 Å². The molecule has 0 aliphatic heterocycles. The van der Waals surface area contributed by atoms with Gasteiger partial charge in [-0.2, -0.15) is 5.26 Å². The molecule has 74 valence electrons. The molecular formula is C11H15N3. The van der Waals surface area contributed by atoms with Crippen LogP contribution in [-0.4, -0.2) is 11.5 Å². The maximum atomic E-state index is 8.82. The summed E-state index contributed by atoms with van der Waals surface area (Å²) in [4.78, 5) is 4.16. The van der Waals surface area contributed by atoms with Gasteiger partial charge in [0.15, 0.2) is 0 Å². The number of anilines is 1. The number of rotatable bonds is 3. The molecule has 0 aromatic carbocycles. The van der Waals surface area contributed by atoms with Gasteiger partial charge in [0.1, 0.15) is 5.82 Å². The van der Waals surface area contributed by atoms with Crippen LogP contribution in [0.5, 0.6) is 0 Å². The van der Waals surface area contributed by atoms with E-state index in [-0.39, 0.29) is 5.41 Å². The molecule has 1 N–H and O–H groups in total. The molecule has 14 heavy (non-hydrogen) atoms. The van der Waals surface area contributed by atoms with Crippen molar-refractivity contribution in [3.63, 3.8) is 0 Å². The van der Waals surface area contributed by atoms with Gasteiger partial charge in [0, 0.05) is 12.7 Å². The van der Waals surface area contributed by atoms with Gasteiger partial charge < -0.3 is 5.32 Å². The van der Waals surface area contributed by atoms with Gasteiger partial charge in [-0.05, 0) is 38.5 Å². The second-order valence-corrected chi connectivity index (χ2v) is 4.07. The first-order valence-electron chi connectivity index (χ1n) is 4.61. The highest BCUT2D eigenvalue weighted by Gasteiger charge is 2.15. The van der Waals surface area contributed by atoms with E-state index >= 15 is 0 Å². The number of hydrogen-bond donors (Lipinski definition) is 1. The Bertz CT molecular complexity index is 350. The summed E-state index contributed by atoms with van der Waals surface area (Å²) in [6, 6.07) is 6.15. The Morgan fingerprint density at radius 1 is 1.57 bits per heavy atom. The highest BCUT2D eigenvalue weighted by Crippen LogP contribution is 2.14. The Balaban J connectivity index is 2.59. The molecule has 1 aromatic rings. The predicted octanol–water partition coefficient (Wildman–Crippen LogP) is 2.35. The smallest absolute Gasteiger partial charge is 0.126 e. The standard InChI is InChI=1S/C11H15N3/c1-9-4-5-13-10(6-9)14-8-11(2,3)7-12/h4-6H,8H2,1-3H3,(H,13,14). The molecule has 0 fully saturated rings. The van der Waals surface area contributed by atoms with Crippen LogP contribution in [0.2, 0.25) is 0 Å². The summed E-state index contributed by atoms with van der Waals surface area (Å²) in [5.74, 6) is 0.827. The zero-order chi connectivity index (χ0) is 10.6. The molecule has 0 unspecified atom stereocenters. The van der Waals surface area contributed by atoms with Crippen LogP contribution in [0.4, 0.5) is 5.82 Å². The van der Waals surface area contributed by atoms with E-state index in [0.29, 0.717) is 6.54 Å². The summed E-state index contributed by atoms with van der Waals surface area (Å²) in [7, 11) is 0. The lowest BCUT2D eigenvalue weighted by Gasteiger charge is -2.16. The van der Waals surface area contributed by atoms with Crippen LogP contribution >= 0.6 is 0 Å². The normalized spacial score (nSPS) is 10.7. The van der Waals surface area contributed by atoms with Crippen molar-refractivity contribution in [3.05, 3.63) is 23.9 Å². The van der Waals surface area contributed by atoms with E-state index in [1.807, 2.05) is 32.9 Å². The minimum atomic E-state index is -0.356. The number of nitriles is 1. The zero-order valence-corrected chi connectivity index (χ0v) is 8.83. The molecule has 0 aliphatic rings. The van der Waals surface area contributed by atoms with Crippen molar-refractivity contribution < 1.29 is 0 Å². The molecule has 0 saturated carbocycles. The quantitative estimate of drug-likeness (QED) is 0.794. The average Bonchev–Trinajstić information content (AvgIpc) is 2.15. The Labute approximate surface area is 84.8 Å². The zero-order valence-electron chi connectivity index (χ0n) is 8.83. The minimum absolute atomic E-state index is 0.356.